The molecular formula is C32H26O13. The summed E-state index contributed by atoms with van der Waals surface area (Å²) in [5, 5.41) is 63.2. The smallest absolute Gasteiger partial charge is 0.371 e. The van der Waals surface area contributed by atoms with Gasteiger partial charge in [0.2, 0.25) is 17.0 Å². The van der Waals surface area contributed by atoms with Crippen molar-refractivity contribution in [3.63, 3.8) is 0 Å². The van der Waals surface area contributed by atoms with Crippen LogP contribution in [0.4, 0.5) is 0 Å². The number of benzene rings is 3. The van der Waals surface area contributed by atoms with Crippen molar-refractivity contribution < 1.29 is 58.9 Å². The first kappa shape index (κ1) is 28.6. The van der Waals surface area contributed by atoms with Crippen molar-refractivity contribution in [3.05, 3.63) is 74.1 Å². The molecule has 4 atom stereocenters. The summed E-state index contributed by atoms with van der Waals surface area (Å²) in [6.45, 7) is 2.89. The van der Waals surface area contributed by atoms with Crippen molar-refractivity contribution in [1.29, 1.82) is 0 Å². The Morgan fingerprint density at radius 3 is 2.51 bits per heavy atom. The number of fused-ring (bicyclic) bond motifs is 7. The highest BCUT2D eigenvalue weighted by Gasteiger charge is 2.40. The van der Waals surface area contributed by atoms with Gasteiger partial charge in [0.1, 0.15) is 28.7 Å². The van der Waals surface area contributed by atoms with Gasteiger partial charge in [-0.05, 0) is 49.1 Å². The fourth-order valence-electron chi connectivity index (χ4n) is 6.42. The number of hydrogen-bond acceptors (Lipinski definition) is 12. The second kappa shape index (κ2) is 9.69. The van der Waals surface area contributed by atoms with Crippen LogP contribution >= 0.6 is 0 Å². The highest BCUT2D eigenvalue weighted by atomic mass is 16.7. The Balaban J connectivity index is 1.48. The third-order valence-electron chi connectivity index (χ3n) is 8.47. The van der Waals surface area contributed by atoms with Crippen LogP contribution in [0.2, 0.25) is 0 Å². The van der Waals surface area contributed by atoms with E-state index in [0.29, 0.717) is 23.1 Å². The SMILES string of the molecule is Cc1c(O)c2c(c3oc4c(O[C@@H]5OC(C(=O)O)=C[C@H](O)[C@H]5O)cccc4c(=O)c13)-c1c(cc3c(c1O)C(=O)O[C@](C)(O)C3)CC2. The summed E-state index contributed by atoms with van der Waals surface area (Å²) in [6, 6.07) is 5.98. The van der Waals surface area contributed by atoms with Crippen LogP contribution in [0, 0.1) is 6.92 Å². The van der Waals surface area contributed by atoms with Crippen molar-refractivity contribution in [1.82, 2.24) is 0 Å². The topological polar surface area (TPSA) is 213 Å². The lowest BCUT2D eigenvalue weighted by molar-refractivity contribution is -0.172. The van der Waals surface area contributed by atoms with Gasteiger partial charge in [0.05, 0.1) is 10.8 Å². The Hall–Kier alpha value is -5.11. The summed E-state index contributed by atoms with van der Waals surface area (Å²) in [4.78, 5) is 38.4. The van der Waals surface area contributed by atoms with Gasteiger partial charge in [-0.15, -0.1) is 0 Å². The van der Waals surface area contributed by atoms with Crippen LogP contribution in [0.5, 0.6) is 17.2 Å². The van der Waals surface area contributed by atoms with E-state index in [0.717, 1.165) is 6.08 Å². The van der Waals surface area contributed by atoms with Crippen molar-refractivity contribution >= 4 is 33.9 Å². The number of rotatable bonds is 3. The van der Waals surface area contributed by atoms with E-state index in [4.69, 9.17) is 18.6 Å². The number of carboxylic acids is 1. The third-order valence-corrected chi connectivity index (χ3v) is 8.47. The molecule has 7 rings (SSSR count). The third kappa shape index (κ3) is 4.23. The molecular weight excluding hydrogens is 592 g/mol. The Kier molecular flexibility index (Phi) is 6.17. The van der Waals surface area contributed by atoms with E-state index >= 15 is 0 Å². The summed E-state index contributed by atoms with van der Waals surface area (Å²) < 4.78 is 22.5. The molecule has 4 aromatic rings. The second-order valence-corrected chi connectivity index (χ2v) is 11.6. The molecule has 0 unspecified atom stereocenters. The highest BCUT2D eigenvalue weighted by Crippen LogP contribution is 2.51. The molecule has 3 aromatic carbocycles. The Bertz CT molecular complexity index is 2090. The lowest BCUT2D eigenvalue weighted by Crippen LogP contribution is -2.45. The van der Waals surface area contributed by atoms with Gasteiger partial charge in [-0.2, -0.15) is 0 Å². The predicted octanol–water partition coefficient (Wildman–Crippen LogP) is 2.28. The molecule has 2 aliphatic heterocycles. The molecule has 0 spiro atoms. The van der Waals surface area contributed by atoms with Crippen LogP contribution in [0.25, 0.3) is 33.1 Å². The van der Waals surface area contributed by atoms with E-state index < -0.39 is 53.2 Å². The van der Waals surface area contributed by atoms with E-state index in [1.807, 2.05) is 0 Å². The van der Waals surface area contributed by atoms with Gasteiger partial charge in [0.15, 0.2) is 17.4 Å². The molecule has 0 radical (unpaired) electrons. The average molecular weight is 619 g/mol. The van der Waals surface area contributed by atoms with Gasteiger partial charge in [-0.3, -0.25) is 4.79 Å². The number of ether oxygens (including phenoxy) is 3. The molecule has 232 valence electrons. The average Bonchev–Trinajstić information content (AvgIpc) is 2.96. The van der Waals surface area contributed by atoms with E-state index in [9.17, 15) is 45.0 Å². The molecule has 13 nitrogen and oxygen atoms in total. The zero-order chi connectivity index (χ0) is 32.1. The van der Waals surface area contributed by atoms with Gasteiger partial charge in [-0.25, -0.2) is 9.59 Å². The van der Waals surface area contributed by atoms with E-state index in [1.54, 1.807) is 13.0 Å². The standard InChI is InChI=1S/C32H26O13/c1-11-19-24(35)15-4-3-5-17(42-31-25(36)16(33)9-18(43-31)29(38)39)27(15)44-28(19)22-14(23(11)34)7-6-12-8-13-10-32(2,41)45-30(40)21(13)26(37)20(12)22/h3-5,8-9,16,25,31,33-34,36-37,41H,6-7,10H2,1-2H3,(H,38,39)/t16-,25+,31+,32-/m0/s1. The number of aliphatic hydroxyl groups excluding tert-OH is 2. The Labute approximate surface area is 252 Å². The molecule has 0 bridgehead atoms. The molecule has 0 saturated carbocycles. The first-order valence-electron chi connectivity index (χ1n) is 14.0. The summed E-state index contributed by atoms with van der Waals surface area (Å²) in [5.41, 5.74) is 1.01. The van der Waals surface area contributed by atoms with Gasteiger partial charge >= 0.3 is 11.9 Å². The molecule has 13 heteroatoms. The predicted molar refractivity (Wildman–Crippen MR) is 154 cm³/mol. The van der Waals surface area contributed by atoms with Gasteiger partial charge in [0.25, 0.3) is 6.29 Å². The van der Waals surface area contributed by atoms with Gasteiger partial charge in [0, 0.05) is 35.6 Å². The fourth-order valence-corrected chi connectivity index (χ4v) is 6.42. The summed E-state index contributed by atoms with van der Waals surface area (Å²) in [6.07, 6.45) is -3.63. The summed E-state index contributed by atoms with van der Waals surface area (Å²) >= 11 is 0. The minimum Gasteiger partial charge on any atom is -0.507 e. The Morgan fingerprint density at radius 2 is 1.78 bits per heavy atom. The monoisotopic (exact) mass is 618 g/mol. The van der Waals surface area contributed by atoms with Crippen LogP contribution in [-0.4, -0.2) is 66.9 Å². The Morgan fingerprint density at radius 1 is 1.02 bits per heavy atom. The van der Waals surface area contributed by atoms with Crippen LogP contribution in [0.15, 0.2) is 45.3 Å². The number of hydrogen-bond donors (Lipinski definition) is 6. The number of carboxylic acid groups (broad SMARTS) is 1. The van der Waals surface area contributed by atoms with Crippen molar-refractivity contribution in [3.8, 4) is 28.4 Å². The van der Waals surface area contributed by atoms with E-state index in [2.05, 4.69) is 0 Å². The van der Waals surface area contributed by atoms with Crippen LogP contribution in [0.1, 0.15) is 39.5 Å². The van der Waals surface area contributed by atoms with Crippen molar-refractivity contribution in [2.75, 3.05) is 0 Å². The lowest BCUT2D eigenvalue weighted by Gasteiger charge is -2.32. The number of para-hydroxylation sites is 1. The first-order valence-corrected chi connectivity index (χ1v) is 14.0. The number of aliphatic hydroxyl groups is 3. The molecule has 0 amide bonds. The number of carbonyl (C=O) groups is 2. The zero-order valence-corrected chi connectivity index (χ0v) is 23.8. The number of esters is 1. The number of aliphatic carboxylic acids is 1. The van der Waals surface area contributed by atoms with Crippen LogP contribution < -0.4 is 10.2 Å². The lowest BCUT2D eigenvalue weighted by atomic mass is 9.79. The number of cyclic esters (lactones) is 1. The zero-order valence-electron chi connectivity index (χ0n) is 23.8. The molecule has 3 heterocycles. The normalized spacial score (nSPS) is 23.8. The number of aromatic hydroxyl groups is 2. The van der Waals surface area contributed by atoms with Crippen molar-refractivity contribution in [2.24, 2.45) is 0 Å². The minimum absolute atomic E-state index is 0.00634. The molecule has 0 fully saturated rings. The molecule has 1 aromatic heterocycles. The van der Waals surface area contributed by atoms with Gasteiger partial charge in [-0.1, -0.05) is 12.1 Å². The molecule has 0 saturated heterocycles. The summed E-state index contributed by atoms with van der Waals surface area (Å²) in [5.74, 6) is -5.63. The molecule has 45 heavy (non-hydrogen) atoms. The van der Waals surface area contributed by atoms with E-state index in [-0.39, 0.29) is 68.5 Å². The number of carbonyl (C=O) groups excluding carboxylic acids is 1. The summed E-state index contributed by atoms with van der Waals surface area (Å²) in [7, 11) is 0. The number of phenols is 2. The highest BCUT2D eigenvalue weighted by molar-refractivity contribution is 6.07. The number of aryl methyl sites for hydroxylation is 2. The second-order valence-electron chi connectivity index (χ2n) is 11.6. The molecule has 1 aliphatic carbocycles. The quantitative estimate of drug-likeness (QED) is 0.144. The largest absolute Gasteiger partial charge is 0.507 e. The van der Waals surface area contributed by atoms with E-state index in [1.165, 1.54) is 25.1 Å². The minimum atomic E-state index is -1.77. The van der Waals surface area contributed by atoms with Crippen LogP contribution in [0.3, 0.4) is 0 Å². The fraction of sp³-hybridized carbons (Fsp3) is 0.281. The maximum atomic E-state index is 14.0. The van der Waals surface area contributed by atoms with Crippen LogP contribution in [-0.2, 0) is 33.5 Å². The van der Waals surface area contributed by atoms with Gasteiger partial charge < -0.3 is 49.3 Å². The maximum Gasteiger partial charge on any atom is 0.371 e. The first-order chi connectivity index (χ1) is 21.3. The number of phenolic OH excluding ortho intramolecular Hbond substituents is 2. The van der Waals surface area contributed by atoms with Crippen molar-refractivity contribution in [2.45, 2.75) is 57.4 Å². The molecule has 6 N–H and O–H groups in total. The maximum absolute atomic E-state index is 14.0. The molecule has 3 aliphatic rings.